The number of ketones is 1. The molecule has 0 unspecified atom stereocenters. The quantitative estimate of drug-likeness (QED) is 0.605. The van der Waals surface area contributed by atoms with E-state index >= 15 is 0 Å². The van der Waals surface area contributed by atoms with E-state index in [1.54, 1.807) is 12.1 Å². The second-order valence-electron chi connectivity index (χ2n) is 4.10. The number of carbonyl (C=O) groups excluding carboxylic acids is 1. The number of thioether (sulfide) groups is 1. The lowest BCUT2D eigenvalue weighted by Gasteiger charge is -2.09. The van der Waals surface area contributed by atoms with Crippen LogP contribution in [0.4, 0.5) is 13.2 Å². The van der Waals surface area contributed by atoms with Crippen molar-refractivity contribution >= 4 is 17.5 Å². The summed E-state index contributed by atoms with van der Waals surface area (Å²) in [6, 6.07) is 11.3. The zero-order valence-electron chi connectivity index (χ0n) is 10.6. The molecule has 0 bridgehead atoms. The average molecular weight is 296 g/mol. The first-order chi connectivity index (χ1) is 9.43. The normalized spacial score (nSPS) is 11.4. The van der Waals surface area contributed by atoms with Gasteiger partial charge in [0, 0.05) is 16.0 Å². The van der Waals surface area contributed by atoms with Crippen molar-refractivity contribution < 1.29 is 18.0 Å². The molecule has 104 valence electrons. The molecule has 0 aliphatic rings. The van der Waals surface area contributed by atoms with Crippen molar-refractivity contribution in [2.45, 2.75) is 11.1 Å². The van der Waals surface area contributed by atoms with Gasteiger partial charge in [0.25, 0.3) is 0 Å². The molecule has 2 aromatic rings. The topological polar surface area (TPSA) is 17.1 Å². The third-order valence-corrected chi connectivity index (χ3v) is 3.62. The van der Waals surface area contributed by atoms with Crippen LogP contribution in [0.1, 0.15) is 21.5 Å². The summed E-state index contributed by atoms with van der Waals surface area (Å²) in [6.45, 7) is 0. The molecule has 0 saturated heterocycles. The van der Waals surface area contributed by atoms with Crippen molar-refractivity contribution in [2.24, 2.45) is 0 Å². The predicted molar refractivity (Wildman–Crippen MR) is 73.1 cm³/mol. The highest BCUT2D eigenvalue weighted by Gasteiger charge is 2.30. The van der Waals surface area contributed by atoms with Crippen molar-refractivity contribution in [3.8, 4) is 0 Å². The fourth-order valence-corrected chi connectivity index (χ4v) is 2.39. The molecule has 0 aliphatic heterocycles. The molecule has 2 rings (SSSR count). The molecular formula is C15H11F3OS. The molecular weight excluding hydrogens is 285 g/mol. The Kier molecular flexibility index (Phi) is 4.18. The summed E-state index contributed by atoms with van der Waals surface area (Å²) < 4.78 is 37.4. The molecule has 0 atom stereocenters. The van der Waals surface area contributed by atoms with Gasteiger partial charge in [-0.2, -0.15) is 13.2 Å². The molecule has 0 amide bonds. The van der Waals surface area contributed by atoms with Crippen LogP contribution in [0.2, 0.25) is 0 Å². The fourth-order valence-electron chi connectivity index (χ4n) is 1.80. The molecule has 0 heterocycles. The maximum Gasteiger partial charge on any atom is 0.416 e. The smallest absolute Gasteiger partial charge is 0.289 e. The third kappa shape index (κ3) is 3.04. The van der Waals surface area contributed by atoms with Crippen LogP contribution < -0.4 is 0 Å². The Bertz CT molecular complexity index is 618. The second kappa shape index (κ2) is 5.71. The van der Waals surface area contributed by atoms with Gasteiger partial charge >= 0.3 is 6.18 Å². The number of carbonyl (C=O) groups is 1. The van der Waals surface area contributed by atoms with E-state index in [4.69, 9.17) is 0 Å². The lowest BCUT2D eigenvalue weighted by molar-refractivity contribution is -0.137. The zero-order chi connectivity index (χ0) is 14.8. The molecule has 0 spiro atoms. The molecule has 0 N–H and O–H groups in total. The SMILES string of the molecule is CSc1ccccc1C(=O)c1ccc(C(F)(F)F)cc1. The van der Waals surface area contributed by atoms with Gasteiger partial charge < -0.3 is 0 Å². The second-order valence-corrected chi connectivity index (χ2v) is 4.95. The first-order valence-electron chi connectivity index (χ1n) is 5.78. The van der Waals surface area contributed by atoms with Gasteiger partial charge in [-0.3, -0.25) is 4.79 Å². The summed E-state index contributed by atoms with van der Waals surface area (Å²) in [5.74, 6) is -0.274. The van der Waals surface area contributed by atoms with E-state index in [1.165, 1.54) is 23.9 Å². The summed E-state index contributed by atoms with van der Waals surface area (Å²) in [6.07, 6.45) is -2.54. The molecule has 20 heavy (non-hydrogen) atoms. The highest BCUT2D eigenvalue weighted by Crippen LogP contribution is 2.30. The standard InChI is InChI=1S/C15H11F3OS/c1-20-13-5-3-2-4-12(13)14(19)10-6-8-11(9-7-10)15(16,17)18/h2-9H,1H3. The Morgan fingerprint density at radius 1 is 1.00 bits per heavy atom. The fraction of sp³-hybridized carbons (Fsp3) is 0.133. The number of halogens is 3. The van der Waals surface area contributed by atoms with Gasteiger partial charge in [-0.1, -0.05) is 24.3 Å². The minimum Gasteiger partial charge on any atom is -0.289 e. The van der Waals surface area contributed by atoms with E-state index in [1.807, 2.05) is 18.4 Å². The van der Waals surface area contributed by atoms with Crippen LogP contribution in [-0.2, 0) is 6.18 Å². The summed E-state index contributed by atoms with van der Waals surface area (Å²) in [7, 11) is 0. The molecule has 1 nitrogen and oxygen atoms in total. The van der Waals surface area contributed by atoms with Crippen LogP contribution in [0.3, 0.4) is 0 Å². The van der Waals surface area contributed by atoms with E-state index in [2.05, 4.69) is 0 Å². The predicted octanol–water partition coefficient (Wildman–Crippen LogP) is 4.66. The van der Waals surface area contributed by atoms with Gasteiger partial charge in [0.1, 0.15) is 0 Å². The Balaban J connectivity index is 2.34. The van der Waals surface area contributed by atoms with E-state index < -0.39 is 11.7 Å². The number of hydrogen-bond donors (Lipinski definition) is 0. The summed E-state index contributed by atoms with van der Waals surface area (Å²) in [4.78, 5) is 13.1. The minimum atomic E-state index is -4.39. The molecule has 0 saturated carbocycles. The van der Waals surface area contributed by atoms with E-state index in [0.717, 1.165) is 17.0 Å². The van der Waals surface area contributed by atoms with Crippen molar-refractivity contribution in [1.82, 2.24) is 0 Å². The Hall–Kier alpha value is -1.75. The van der Waals surface area contributed by atoms with E-state index in [9.17, 15) is 18.0 Å². The lowest BCUT2D eigenvalue weighted by Crippen LogP contribution is -2.07. The summed E-state index contributed by atoms with van der Waals surface area (Å²) >= 11 is 1.42. The third-order valence-electron chi connectivity index (χ3n) is 2.83. The van der Waals surface area contributed by atoms with Crippen LogP contribution in [0.25, 0.3) is 0 Å². The van der Waals surface area contributed by atoms with Gasteiger partial charge in [-0.05, 0) is 30.5 Å². The summed E-state index contributed by atoms with van der Waals surface area (Å²) in [5.41, 5.74) is -0.00791. The monoisotopic (exact) mass is 296 g/mol. The van der Waals surface area contributed by atoms with Crippen LogP contribution in [-0.4, -0.2) is 12.0 Å². The zero-order valence-corrected chi connectivity index (χ0v) is 11.4. The van der Waals surface area contributed by atoms with Crippen molar-refractivity contribution in [3.63, 3.8) is 0 Å². The molecule has 2 aromatic carbocycles. The largest absolute Gasteiger partial charge is 0.416 e. The number of benzene rings is 2. The number of alkyl halides is 3. The highest BCUT2D eigenvalue weighted by atomic mass is 32.2. The van der Waals surface area contributed by atoms with Crippen LogP contribution in [0.15, 0.2) is 53.4 Å². The average Bonchev–Trinajstić information content (AvgIpc) is 2.45. The molecule has 0 aromatic heterocycles. The van der Waals surface area contributed by atoms with Gasteiger partial charge in [-0.25, -0.2) is 0 Å². The maximum atomic E-state index is 12.5. The molecule has 0 aliphatic carbocycles. The van der Waals surface area contributed by atoms with Crippen LogP contribution in [0, 0.1) is 0 Å². The Morgan fingerprint density at radius 2 is 1.60 bits per heavy atom. The highest BCUT2D eigenvalue weighted by molar-refractivity contribution is 7.98. The van der Waals surface area contributed by atoms with Crippen LogP contribution in [0.5, 0.6) is 0 Å². The number of hydrogen-bond acceptors (Lipinski definition) is 2. The summed E-state index contributed by atoms with van der Waals surface area (Å²) in [5, 5.41) is 0. The molecule has 5 heteroatoms. The van der Waals surface area contributed by atoms with Crippen LogP contribution >= 0.6 is 11.8 Å². The van der Waals surface area contributed by atoms with Gasteiger partial charge in [0.05, 0.1) is 5.56 Å². The Morgan fingerprint density at radius 3 is 2.15 bits per heavy atom. The first kappa shape index (κ1) is 14.7. The minimum absolute atomic E-state index is 0.250. The van der Waals surface area contributed by atoms with E-state index in [-0.39, 0.29) is 11.3 Å². The lowest BCUT2D eigenvalue weighted by atomic mass is 10.0. The first-order valence-corrected chi connectivity index (χ1v) is 7.01. The van der Waals surface area contributed by atoms with E-state index in [0.29, 0.717) is 5.56 Å². The molecule has 0 fully saturated rings. The number of rotatable bonds is 3. The Labute approximate surface area is 118 Å². The van der Waals surface area contributed by atoms with Gasteiger partial charge in [0.2, 0.25) is 0 Å². The van der Waals surface area contributed by atoms with Crippen molar-refractivity contribution in [1.29, 1.82) is 0 Å². The van der Waals surface area contributed by atoms with Crippen molar-refractivity contribution in [3.05, 3.63) is 65.2 Å². The van der Waals surface area contributed by atoms with Gasteiger partial charge in [0.15, 0.2) is 5.78 Å². The maximum absolute atomic E-state index is 12.5. The van der Waals surface area contributed by atoms with Gasteiger partial charge in [-0.15, -0.1) is 11.8 Å². The van der Waals surface area contributed by atoms with Crippen molar-refractivity contribution in [2.75, 3.05) is 6.26 Å². The molecule has 0 radical (unpaired) electrons.